The molecule has 0 amide bonds. The van der Waals surface area contributed by atoms with Crippen LogP contribution in [0.4, 0.5) is 5.69 Å². The van der Waals surface area contributed by atoms with Gasteiger partial charge in [-0.25, -0.2) is 0 Å². The van der Waals surface area contributed by atoms with Crippen LogP contribution >= 0.6 is 0 Å². The molecule has 0 atom stereocenters. The molecule has 17 heavy (non-hydrogen) atoms. The zero-order valence-corrected chi connectivity index (χ0v) is 12.9. The van der Waals surface area contributed by atoms with Crippen molar-refractivity contribution >= 4 is 31.2 Å². The van der Waals surface area contributed by atoms with E-state index >= 15 is 0 Å². The zero-order valence-electron chi connectivity index (χ0n) is 8.76. The molecule has 0 bridgehead atoms. The van der Waals surface area contributed by atoms with Crippen LogP contribution in [0.3, 0.4) is 0 Å². The fraction of sp³-hybridized carbons (Fsp3) is 0. The van der Waals surface area contributed by atoms with Gasteiger partial charge in [0.25, 0.3) is 0 Å². The Labute approximate surface area is 116 Å². The van der Waals surface area contributed by atoms with Gasteiger partial charge in [0, 0.05) is 0 Å². The molecule has 1 aromatic rings. The minimum atomic E-state index is 0. The van der Waals surface area contributed by atoms with Gasteiger partial charge >= 0.3 is 104 Å². The molecule has 86 valence electrons. The van der Waals surface area contributed by atoms with Crippen molar-refractivity contribution in [1.82, 2.24) is 3.98 Å². The van der Waals surface area contributed by atoms with E-state index in [0.29, 0.717) is 25.5 Å². The molecule has 1 N–H and O–H groups in total. The monoisotopic (exact) mass is 376 g/mol. The Hall–Kier alpha value is -0.631. The Morgan fingerprint density at radius 3 is 2.65 bits per heavy atom. The van der Waals surface area contributed by atoms with Crippen molar-refractivity contribution in [3.05, 3.63) is 53.9 Å². The van der Waals surface area contributed by atoms with Crippen molar-refractivity contribution in [1.29, 1.82) is 0 Å². The normalized spacial score (nSPS) is 11.4. The van der Waals surface area contributed by atoms with Crippen molar-refractivity contribution in [2.45, 2.75) is 0 Å². The quantitative estimate of drug-likeness (QED) is 0.442. The summed E-state index contributed by atoms with van der Waals surface area (Å²) in [5.41, 5.74) is 2.34. The number of para-hydroxylation sites is 1. The van der Waals surface area contributed by atoms with E-state index in [1.807, 2.05) is 18.2 Å². The molecule has 0 spiro atoms. The van der Waals surface area contributed by atoms with Crippen LogP contribution in [0, 0.1) is 0 Å². The first-order valence-electron chi connectivity index (χ1n) is 4.93. The summed E-state index contributed by atoms with van der Waals surface area (Å²) in [5, 5.41) is 1.17. The van der Waals surface area contributed by atoms with Crippen LogP contribution in [0.5, 0.6) is 0 Å². The van der Waals surface area contributed by atoms with E-state index in [0.717, 1.165) is 5.69 Å². The predicted molar refractivity (Wildman–Crippen MR) is 64.9 cm³/mol. The third-order valence-corrected chi connectivity index (χ3v) is 7.66. The van der Waals surface area contributed by atoms with Gasteiger partial charge in [0.2, 0.25) is 0 Å². The Bertz CT molecular complexity index is 630. The minimum absolute atomic E-state index is 0. The molecular weight excluding hydrogens is 366 g/mol. The molecule has 2 aliphatic rings. The summed E-state index contributed by atoms with van der Waals surface area (Å²) in [5.74, 6) is 0. The zero-order chi connectivity index (χ0) is 10.8. The fourth-order valence-electron chi connectivity index (χ4n) is 1.52. The number of nitrogens with zero attached hydrogens (tertiary/aromatic N) is 1. The Morgan fingerprint density at radius 1 is 1.00 bits per heavy atom. The van der Waals surface area contributed by atoms with Gasteiger partial charge in [-0.3, -0.25) is 0 Å². The number of aromatic nitrogens is 1. The number of hydrogen-bond acceptors (Lipinski definition) is 1. The summed E-state index contributed by atoms with van der Waals surface area (Å²) >= 11 is 1.08. The molecule has 0 saturated heterocycles. The van der Waals surface area contributed by atoms with E-state index in [-0.39, 0.29) is 12.4 Å². The average Bonchev–Trinajstić information content (AvgIpc) is 2.77. The van der Waals surface area contributed by atoms with Gasteiger partial charge in [-0.15, -0.1) is 0 Å². The van der Waals surface area contributed by atoms with Gasteiger partial charge in [-0.05, 0) is 0 Å². The van der Waals surface area contributed by atoms with Crippen LogP contribution in [0.1, 0.15) is 0 Å². The van der Waals surface area contributed by atoms with Crippen molar-refractivity contribution in [3.8, 4) is 10.1 Å². The molecular formula is C12H9ClN2Se2. The molecule has 2 nitrogen and oxygen atoms in total. The van der Waals surface area contributed by atoms with Crippen molar-refractivity contribution < 1.29 is 17.4 Å². The summed E-state index contributed by atoms with van der Waals surface area (Å²) in [6.07, 6.45) is 0. The number of rotatable bonds is 1. The summed E-state index contributed by atoms with van der Waals surface area (Å²) in [7, 11) is 0. The molecule has 0 radical (unpaired) electrons. The van der Waals surface area contributed by atoms with Crippen LogP contribution in [0.15, 0.2) is 48.5 Å². The number of nitrogens with one attached hydrogen (secondary N) is 1. The number of hydrogen-bond donors (Lipinski definition) is 1. The van der Waals surface area contributed by atoms with E-state index in [1.165, 1.54) is 15.5 Å². The first kappa shape index (κ1) is 12.8. The van der Waals surface area contributed by atoms with Gasteiger partial charge in [0.1, 0.15) is 0 Å². The molecule has 0 saturated carbocycles. The topological polar surface area (TPSA) is 26.9 Å². The van der Waals surface area contributed by atoms with Crippen LogP contribution in [0.25, 0.3) is 10.1 Å². The summed E-state index contributed by atoms with van der Waals surface area (Å²) < 4.78 is 5.95. The number of benzene rings is 2. The second-order valence-corrected chi connectivity index (χ2v) is 8.83. The number of halogens is 1. The van der Waals surface area contributed by atoms with Gasteiger partial charge in [0.05, 0.1) is 0 Å². The van der Waals surface area contributed by atoms with Crippen molar-refractivity contribution in [2.24, 2.45) is 0 Å². The summed E-state index contributed by atoms with van der Waals surface area (Å²) in [4.78, 5) is 3.41. The van der Waals surface area contributed by atoms with Crippen LogP contribution < -0.4 is 22.8 Å². The predicted octanol–water partition coefficient (Wildman–Crippen LogP) is -3.38. The second kappa shape index (κ2) is 5.81. The van der Waals surface area contributed by atoms with E-state index in [9.17, 15) is 0 Å². The fourth-order valence-corrected chi connectivity index (χ4v) is 6.96. The summed E-state index contributed by atoms with van der Waals surface area (Å²) in [6.45, 7) is 0. The van der Waals surface area contributed by atoms with E-state index in [4.69, 9.17) is 0 Å². The molecule has 1 aromatic carbocycles. The van der Waals surface area contributed by atoms with Gasteiger partial charge < -0.3 is 12.4 Å². The van der Waals surface area contributed by atoms with E-state index in [1.54, 1.807) is 0 Å². The first-order valence-corrected chi connectivity index (χ1v) is 10.9. The van der Waals surface area contributed by atoms with Gasteiger partial charge in [-0.2, -0.15) is 0 Å². The molecule has 1 heterocycles. The van der Waals surface area contributed by atoms with Crippen LogP contribution in [-0.4, -0.2) is 29.5 Å². The third kappa shape index (κ3) is 2.98. The van der Waals surface area contributed by atoms with Gasteiger partial charge in [0.15, 0.2) is 0 Å². The van der Waals surface area contributed by atoms with E-state index in [2.05, 4.69) is 39.3 Å². The average molecular weight is 375 g/mol. The Morgan fingerprint density at radius 2 is 1.82 bits per heavy atom. The standard InChI is InChI=1S/C12H8N2Se2.ClH/c1-2-4-9(5-3-1)13-10-6-7-11-12(8-10)15-16-14-11;/h1-8H;1H. The van der Waals surface area contributed by atoms with Crippen molar-refractivity contribution in [3.63, 3.8) is 0 Å². The second-order valence-electron chi connectivity index (χ2n) is 3.42. The van der Waals surface area contributed by atoms with E-state index < -0.39 is 0 Å². The van der Waals surface area contributed by atoms with Crippen LogP contribution in [-0.2, 0) is 0 Å². The maximum absolute atomic E-state index is 4.51. The SMILES string of the molecule is [Cl-].c1ccc([NH+]=c2ccc3n[se][se]c-3c2)cc1. The molecule has 0 aromatic heterocycles. The Kier molecular flexibility index (Phi) is 4.38. The number of fused-ring (bicyclic) bond motifs is 1. The van der Waals surface area contributed by atoms with Crippen molar-refractivity contribution in [2.75, 3.05) is 0 Å². The van der Waals surface area contributed by atoms with Gasteiger partial charge in [-0.1, -0.05) is 0 Å². The molecule has 0 fully saturated rings. The Balaban J connectivity index is 0.00000108. The third-order valence-electron chi connectivity index (χ3n) is 2.28. The molecule has 1 aliphatic heterocycles. The van der Waals surface area contributed by atoms with Crippen LogP contribution in [0.2, 0.25) is 0 Å². The molecule has 1 aliphatic carbocycles. The molecule has 3 rings (SSSR count). The molecule has 0 unspecified atom stereocenters. The maximum atomic E-state index is 4.51. The first-order chi connectivity index (χ1) is 7.92. The molecule has 5 heteroatoms. The summed E-state index contributed by atoms with van der Waals surface area (Å²) in [6, 6.07) is 16.7.